The van der Waals surface area contributed by atoms with Crippen LogP contribution in [0.4, 0.5) is 0 Å². The van der Waals surface area contributed by atoms with Crippen molar-refractivity contribution in [2.45, 2.75) is 26.3 Å². The van der Waals surface area contributed by atoms with Crippen molar-refractivity contribution in [3.63, 3.8) is 0 Å². The highest BCUT2D eigenvalue weighted by atomic mass is 32.1. The van der Waals surface area contributed by atoms with Crippen LogP contribution in [0.25, 0.3) is 0 Å². The summed E-state index contributed by atoms with van der Waals surface area (Å²) < 4.78 is 13.0. The van der Waals surface area contributed by atoms with E-state index in [-0.39, 0.29) is 17.0 Å². The second-order valence-electron chi connectivity index (χ2n) is 2.53. The molecule has 0 atom stereocenters. The summed E-state index contributed by atoms with van der Waals surface area (Å²) in [4.78, 5) is 0. The van der Waals surface area contributed by atoms with Crippen LogP contribution in [0, 0.1) is 0 Å². The molecule has 0 aliphatic carbocycles. The molecular formula is C4H10N2OS. The average molecular weight is 134 g/mol. The van der Waals surface area contributed by atoms with Crippen LogP contribution >= 0.6 is 0 Å². The highest BCUT2D eigenvalue weighted by molar-refractivity contribution is 7.54. The van der Waals surface area contributed by atoms with E-state index in [1.54, 1.807) is 0 Å². The van der Waals surface area contributed by atoms with Crippen LogP contribution in [0.15, 0.2) is 4.47 Å². The van der Waals surface area contributed by atoms with E-state index >= 15 is 0 Å². The fourth-order valence-corrected chi connectivity index (χ4v) is 0.467. The molecule has 8 heavy (non-hydrogen) atoms. The Morgan fingerprint density at radius 2 is 2.00 bits per heavy atom. The first kappa shape index (κ1) is 7.78. The molecule has 0 aliphatic heterocycles. The molecule has 0 unspecified atom stereocenters. The molecule has 0 aromatic rings. The van der Waals surface area contributed by atoms with Crippen LogP contribution in [0.3, 0.4) is 0 Å². The molecule has 0 amide bonds. The first-order valence-electron chi connectivity index (χ1n) is 2.32. The summed E-state index contributed by atoms with van der Waals surface area (Å²) in [5, 5.41) is 0. The minimum Gasteiger partial charge on any atom is -0.195 e. The van der Waals surface area contributed by atoms with E-state index in [9.17, 15) is 4.21 Å². The van der Waals surface area contributed by atoms with Crippen LogP contribution in [-0.2, 0) is 11.5 Å². The highest BCUT2D eigenvalue weighted by Crippen LogP contribution is 1.96. The zero-order chi connectivity index (χ0) is 6.62. The maximum absolute atomic E-state index is 9.66. The molecule has 1 N–H and O–H groups in total. The fourth-order valence-electron chi connectivity index (χ4n) is 0.156. The Bertz CT molecular complexity index is 112. The van der Waals surface area contributed by atoms with Crippen LogP contribution < -0.4 is 5.43 Å². The molecule has 0 saturated carbocycles. The molecule has 0 bridgehead atoms. The third kappa shape index (κ3) is 5.78. The Kier molecular flexibility index (Phi) is 2.86. The van der Waals surface area contributed by atoms with Gasteiger partial charge in [-0.3, -0.25) is 0 Å². The highest BCUT2D eigenvalue weighted by Gasteiger charge is 2.05. The van der Waals surface area contributed by atoms with Crippen molar-refractivity contribution in [2.24, 2.45) is 4.47 Å². The van der Waals surface area contributed by atoms with Gasteiger partial charge >= 0.3 is 0 Å². The zero-order valence-electron chi connectivity index (χ0n) is 5.26. The molecule has 48 valence electrons. The Balaban J connectivity index is 3.55. The predicted molar refractivity (Wildman–Crippen MR) is 33.5 cm³/mol. The van der Waals surface area contributed by atoms with Crippen molar-refractivity contribution >= 4 is 11.5 Å². The van der Waals surface area contributed by atoms with Crippen molar-refractivity contribution in [1.82, 2.24) is 5.43 Å². The molecule has 0 radical (unpaired) electrons. The van der Waals surface area contributed by atoms with E-state index in [0.29, 0.717) is 0 Å². The number of nitrogens with one attached hydrogen (secondary N) is 1. The molecular weight excluding hydrogens is 124 g/mol. The van der Waals surface area contributed by atoms with E-state index < -0.39 is 0 Å². The standard InChI is InChI=1S/C4H10N2OS/c1-4(2,3)5-6-8-7/h5H,1-3H3. The van der Waals surface area contributed by atoms with E-state index in [1.165, 1.54) is 0 Å². The second-order valence-corrected chi connectivity index (χ2v) is 2.86. The predicted octanol–water partition coefficient (Wildman–Crippen LogP) is 0.686. The summed E-state index contributed by atoms with van der Waals surface area (Å²) in [6.07, 6.45) is 0. The minimum atomic E-state index is -0.0859. The molecule has 0 aromatic carbocycles. The summed E-state index contributed by atoms with van der Waals surface area (Å²) in [5.74, 6) is 0. The molecule has 0 heterocycles. The summed E-state index contributed by atoms with van der Waals surface area (Å²) in [6.45, 7) is 5.81. The summed E-state index contributed by atoms with van der Waals surface area (Å²) in [6, 6.07) is 0. The van der Waals surface area contributed by atoms with Gasteiger partial charge in [-0.15, -0.1) is 4.47 Å². The average Bonchev–Trinajstić information content (AvgIpc) is 1.59. The quantitative estimate of drug-likeness (QED) is 0.536. The Hall–Kier alpha value is -0.220. The first-order valence-corrected chi connectivity index (χ1v) is 3.02. The van der Waals surface area contributed by atoms with Crippen LogP contribution in [-0.4, -0.2) is 9.75 Å². The summed E-state index contributed by atoms with van der Waals surface area (Å²) >= 11 is 0.192. The lowest BCUT2D eigenvalue weighted by atomic mass is 10.1. The maximum Gasteiger partial charge on any atom is 0.217 e. The maximum atomic E-state index is 9.66. The van der Waals surface area contributed by atoms with E-state index in [2.05, 4.69) is 9.90 Å². The van der Waals surface area contributed by atoms with Crippen molar-refractivity contribution < 1.29 is 4.21 Å². The molecule has 0 aromatic heterocycles. The minimum absolute atomic E-state index is 0.0859. The largest absolute Gasteiger partial charge is 0.217 e. The lowest BCUT2D eigenvalue weighted by Crippen LogP contribution is -2.30. The third-order valence-electron chi connectivity index (χ3n) is 0.418. The first-order chi connectivity index (χ1) is 3.56. The van der Waals surface area contributed by atoms with Crippen molar-refractivity contribution in [3.05, 3.63) is 0 Å². The van der Waals surface area contributed by atoms with Gasteiger partial charge in [0, 0.05) is 5.54 Å². The van der Waals surface area contributed by atoms with Gasteiger partial charge < -0.3 is 0 Å². The van der Waals surface area contributed by atoms with Gasteiger partial charge in [0.25, 0.3) is 0 Å². The second kappa shape index (κ2) is 2.94. The van der Waals surface area contributed by atoms with Gasteiger partial charge in [0.1, 0.15) is 0 Å². The molecule has 4 heteroatoms. The number of hydrogen-bond acceptors (Lipinski definition) is 2. The molecule has 3 nitrogen and oxygen atoms in total. The lowest BCUT2D eigenvalue weighted by molar-refractivity contribution is 0.444. The molecule has 0 spiro atoms. The molecule has 0 fully saturated rings. The van der Waals surface area contributed by atoms with Gasteiger partial charge in [-0.2, -0.15) is 9.63 Å². The van der Waals surface area contributed by atoms with Crippen molar-refractivity contribution in [3.8, 4) is 0 Å². The van der Waals surface area contributed by atoms with Crippen molar-refractivity contribution in [2.75, 3.05) is 0 Å². The van der Waals surface area contributed by atoms with Gasteiger partial charge in [0.05, 0.1) is 0 Å². The summed E-state index contributed by atoms with van der Waals surface area (Å²) in [7, 11) is 0. The van der Waals surface area contributed by atoms with Crippen LogP contribution in [0.2, 0.25) is 0 Å². The molecule has 0 rings (SSSR count). The smallest absolute Gasteiger partial charge is 0.195 e. The van der Waals surface area contributed by atoms with Gasteiger partial charge in [-0.25, -0.2) is 0 Å². The van der Waals surface area contributed by atoms with Gasteiger partial charge in [0.2, 0.25) is 11.5 Å². The van der Waals surface area contributed by atoms with E-state index in [1.807, 2.05) is 20.8 Å². The van der Waals surface area contributed by atoms with Crippen molar-refractivity contribution in [1.29, 1.82) is 0 Å². The van der Waals surface area contributed by atoms with Crippen LogP contribution in [0.5, 0.6) is 0 Å². The Labute approximate surface area is 52.7 Å². The Morgan fingerprint density at radius 3 is 2.12 bits per heavy atom. The number of rotatable bonds is 1. The molecule has 0 saturated heterocycles. The van der Waals surface area contributed by atoms with Gasteiger partial charge in [0.15, 0.2) is 0 Å². The third-order valence-corrected chi connectivity index (χ3v) is 0.584. The van der Waals surface area contributed by atoms with E-state index in [0.717, 1.165) is 0 Å². The topological polar surface area (TPSA) is 41.5 Å². The van der Waals surface area contributed by atoms with Crippen LogP contribution in [0.1, 0.15) is 20.8 Å². The summed E-state index contributed by atoms with van der Waals surface area (Å²) in [5.41, 5.74) is 2.56. The SMILES string of the molecule is CC(C)(C)NN=S=O. The zero-order valence-corrected chi connectivity index (χ0v) is 6.08. The number of nitrogens with zero attached hydrogens (tertiary/aromatic N) is 1. The number of hydrogen-bond donors (Lipinski definition) is 1. The Morgan fingerprint density at radius 1 is 1.50 bits per heavy atom. The fraction of sp³-hybridized carbons (Fsp3) is 1.00. The van der Waals surface area contributed by atoms with Gasteiger partial charge in [-0.1, -0.05) is 0 Å². The van der Waals surface area contributed by atoms with Gasteiger partial charge in [-0.05, 0) is 20.8 Å². The van der Waals surface area contributed by atoms with E-state index in [4.69, 9.17) is 0 Å². The normalized spacial score (nSPS) is 10.9. The lowest BCUT2D eigenvalue weighted by Gasteiger charge is -2.13. The molecule has 0 aliphatic rings. The monoisotopic (exact) mass is 134 g/mol.